The molecule has 2 aromatic carbocycles. The van der Waals surface area contributed by atoms with E-state index in [4.69, 9.17) is 21.1 Å². The van der Waals surface area contributed by atoms with Crippen molar-refractivity contribution in [3.05, 3.63) is 85.3 Å². The van der Waals surface area contributed by atoms with Crippen LogP contribution in [0.25, 0.3) is 0 Å². The summed E-state index contributed by atoms with van der Waals surface area (Å²) in [5, 5.41) is 15.0. The summed E-state index contributed by atoms with van der Waals surface area (Å²) in [5.41, 5.74) is 1.67. The van der Waals surface area contributed by atoms with E-state index in [1.807, 2.05) is 15.5 Å². The number of anilines is 2. The molecule has 3 aromatic rings. The second-order valence-electron chi connectivity index (χ2n) is 9.20. The number of methoxy groups -OCH3 is 2. The highest BCUT2D eigenvalue weighted by molar-refractivity contribution is 6.32. The number of carbonyl (C=O) groups excluding carboxylic acids is 1. The Kier molecular flexibility index (Phi) is 6.51. The zero-order valence-corrected chi connectivity index (χ0v) is 21.0. The van der Waals surface area contributed by atoms with Gasteiger partial charge in [0.2, 0.25) is 0 Å². The maximum atomic E-state index is 13.0. The summed E-state index contributed by atoms with van der Waals surface area (Å²) >= 11 is 6.20. The van der Waals surface area contributed by atoms with Crippen molar-refractivity contribution in [1.82, 2.24) is 4.57 Å². The normalized spacial score (nSPS) is 18.1. The van der Waals surface area contributed by atoms with Gasteiger partial charge in [0.15, 0.2) is 0 Å². The molecule has 3 heterocycles. The Morgan fingerprint density at radius 3 is 2.59 bits per heavy atom. The van der Waals surface area contributed by atoms with Crippen LogP contribution in [0.5, 0.6) is 11.5 Å². The Labute approximate surface area is 217 Å². The van der Waals surface area contributed by atoms with Crippen LogP contribution in [0.3, 0.4) is 0 Å². The second kappa shape index (κ2) is 9.78. The third-order valence-corrected chi connectivity index (χ3v) is 7.27. The van der Waals surface area contributed by atoms with Gasteiger partial charge in [0.25, 0.3) is 17.2 Å². The maximum absolute atomic E-state index is 13.0. The predicted molar refractivity (Wildman–Crippen MR) is 139 cm³/mol. The van der Waals surface area contributed by atoms with E-state index >= 15 is 0 Å². The average molecular weight is 525 g/mol. The number of nitro groups is 1. The lowest BCUT2D eigenvalue weighted by atomic mass is 9.83. The number of fused-ring (bicyclic) bond motifs is 4. The van der Waals surface area contributed by atoms with Crippen molar-refractivity contribution in [3.8, 4) is 11.5 Å². The number of pyridine rings is 1. The first-order valence-electron chi connectivity index (χ1n) is 11.7. The summed E-state index contributed by atoms with van der Waals surface area (Å²) in [5.74, 6) is 0.464. The molecule has 1 saturated heterocycles. The summed E-state index contributed by atoms with van der Waals surface area (Å²) in [6.07, 6.45) is 0.931. The maximum Gasteiger partial charge on any atom is 0.293 e. The van der Waals surface area contributed by atoms with E-state index in [-0.39, 0.29) is 33.7 Å². The Balaban J connectivity index is 1.42. The van der Waals surface area contributed by atoms with Crippen molar-refractivity contribution in [2.45, 2.75) is 18.9 Å². The first kappa shape index (κ1) is 24.6. The van der Waals surface area contributed by atoms with Crippen LogP contribution in [0.4, 0.5) is 17.1 Å². The molecule has 192 valence electrons. The zero-order chi connectivity index (χ0) is 26.3. The highest BCUT2D eigenvalue weighted by Crippen LogP contribution is 2.40. The van der Waals surface area contributed by atoms with Gasteiger partial charge in [0.05, 0.1) is 29.9 Å². The molecule has 0 saturated carbocycles. The highest BCUT2D eigenvalue weighted by atomic mass is 35.5. The number of benzene rings is 2. The Bertz CT molecular complexity index is 1460. The smallest absolute Gasteiger partial charge is 0.293 e. The van der Waals surface area contributed by atoms with Crippen molar-refractivity contribution >= 4 is 34.6 Å². The molecule has 2 bridgehead atoms. The van der Waals surface area contributed by atoms with Gasteiger partial charge in [-0.3, -0.25) is 19.7 Å². The van der Waals surface area contributed by atoms with Crippen LogP contribution >= 0.6 is 11.6 Å². The number of hydrogen-bond acceptors (Lipinski definition) is 7. The van der Waals surface area contributed by atoms with Crippen molar-refractivity contribution in [3.63, 3.8) is 0 Å². The molecule has 11 heteroatoms. The second-order valence-corrected chi connectivity index (χ2v) is 9.61. The largest absolute Gasteiger partial charge is 0.495 e. The van der Waals surface area contributed by atoms with Gasteiger partial charge in [-0.2, -0.15) is 0 Å². The van der Waals surface area contributed by atoms with Crippen molar-refractivity contribution in [2.75, 3.05) is 37.5 Å². The molecule has 1 N–H and O–H groups in total. The molecule has 2 aliphatic rings. The number of ether oxygens (including phenoxy) is 2. The lowest BCUT2D eigenvalue weighted by Gasteiger charge is -2.43. The highest BCUT2D eigenvalue weighted by Gasteiger charge is 2.36. The van der Waals surface area contributed by atoms with Gasteiger partial charge in [-0.15, -0.1) is 0 Å². The number of carbonyl (C=O) groups is 1. The van der Waals surface area contributed by atoms with Crippen molar-refractivity contribution in [1.29, 1.82) is 0 Å². The number of aromatic nitrogens is 1. The molecule has 1 aromatic heterocycles. The van der Waals surface area contributed by atoms with Gasteiger partial charge < -0.3 is 24.3 Å². The monoisotopic (exact) mass is 524 g/mol. The fourth-order valence-electron chi connectivity index (χ4n) is 5.32. The minimum atomic E-state index is -0.544. The molecule has 0 spiro atoms. The van der Waals surface area contributed by atoms with Gasteiger partial charge in [0, 0.05) is 55.0 Å². The van der Waals surface area contributed by atoms with E-state index in [1.165, 1.54) is 26.4 Å². The molecule has 37 heavy (non-hydrogen) atoms. The fourth-order valence-corrected chi connectivity index (χ4v) is 5.56. The van der Waals surface area contributed by atoms with Crippen LogP contribution in [0.2, 0.25) is 5.02 Å². The minimum absolute atomic E-state index is 0.0169. The number of piperidine rings is 1. The third-order valence-electron chi connectivity index (χ3n) is 6.98. The van der Waals surface area contributed by atoms with E-state index in [9.17, 15) is 19.7 Å². The Morgan fingerprint density at radius 1 is 1.08 bits per heavy atom. The average Bonchev–Trinajstić information content (AvgIpc) is 2.89. The van der Waals surface area contributed by atoms with E-state index in [2.05, 4.69) is 5.32 Å². The number of halogens is 1. The Hall–Kier alpha value is -4.05. The predicted octanol–water partition coefficient (Wildman–Crippen LogP) is 4.30. The number of rotatable bonds is 6. The molecular formula is C26H25ClN4O6. The van der Waals surface area contributed by atoms with Gasteiger partial charge in [-0.25, -0.2) is 0 Å². The fraction of sp³-hybridized carbons (Fsp3) is 0.308. The number of amides is 1. The molecular weight excluding hydrogens is 500 g/mol. The summed E-state index contributed by atoms with van der Waals surface area (Å²) in [7, 11) is 2.91. The molecule has 2 aliphatic heterocycles. The summed E-state index contributed by atoms with van der Waals surface area (Å²) in [6, 6.07) is 12.8. The summed E-state index contributed by atoms with van der Waals surface area (Å²) in [6.45, 7) is 1.72. The van der Waals surface area contributed by atoms with Gasteiger partial charge in [0.1, 0.15) is 17.2 Å². The Morgan fingerprint density at radius 2 is 1.86 bits per heavy atom. The summed E-state index contributed by atoms with van der Waals surface area (Å²) in [4.78, 5) is 38.9. The number of nitro benzene ring substituents is 1. The molecule has 10 nitrogen and oxygen atoms in total. The molecule has 0 unspecified atom stereocenters. The van der Waals surface area contributed by atoms with Crippen LogP contribution in [0.15, 0.2) is 53.3 Å². The summed E-state index contributed by atoms with van der Waals surface area (Å²) < 4.78 is 12.3. The van der Waals surface area contributed by atoms with E-state index in [0.29, 0.717) is 42.5 Å². The number of nitrogens with zero attached hydrogens (tertiary/aromatic N) is 3. The lowest BCUT2D eigenvalue weighted by Crippen LogP contribution is -2.47. The molecule has 5 rings (SSSR count). The first-order valence-corrected chi connectivity index (χ1v) is 12.1. The molecule has 0 aliphatic carbocycles. The zero-order valence-electron chi connectivity index (χ0n) is 20.3. The van der Waals surface area contributed by atoms with Gasteiger partial charge in [-0.05, 0) is 36.6 Å². The lowest BCUT2D eigenvalue weighted by molar-refractivity contribution is -0.384. The SMILES string of the molecule is COc1cc(OC)c(NC(=O)c2ccc(N3C[C@H]4C[C@@H](C3)c3cccc(=O)n3C4)c([N+](=O)[O-])c2)cc1Cl. The van der Waals surface area contributed by atoms with Crippen LogP contribution in [-0.2, 0) is 6.54 Å². The third kappa shape index (κ3) is 4.60. The van der Waals surface area contributed by atoms with E-state index < -0.39 is 10.8 Å². The first-order chi connectivity index (χ1) is 17.8. The molecule has 1 fully saturated rings. The van der Waals surface area contributed by atoms with Crippen LogP contribution < -0.4 is 25.2 Å². The standard InChI is InChI=1S/C26H25ClN4O6/c1-36-23-11-24(37-2)19(10-18(23)27)28-26(33)16-6-7-21(22(9-16)31(34)35)29-12-15-8-17(14-29)20-4-3-5-25(32)30(20)13-15/h3-7,9-11,15,17H,8,12-14H2,1-2H3,(H,28,33)/t15-,17+/m1/s1. The van der Waals surface area contributed by atoms with Crippen LogP contribution in [0, 0.1) is 16.0 Å². The van der Waals surface area contributed by atoms with Gasteiger partial charge in [-0.1, -0.05) is 17.7 Å². The quantitative estimate of drug-likeness (QED) is 0.377. The topological polar surface area (TPSA) is 116 Å². The minimum Gasteiger partial charge on any atom is -0.495 e. The number of hydrogen-bond donors (Lipinski definition) is 1. The number of nitrogens with one attached hydrogen (secondary N) is 1. The van der Waals surface area contributed by atoms with Crippen molar-refractivity contribution < 1.29 is 19.2 Å². The van der Waals surface area contributed by atoms with Crippen molar-refractivity contribution in [2.24, 2.45) is 5.92 Å². The van der Waals surface area contributed by atoms with Crippen LogP contribution in [0.1, 0.15) is 28.4 Å². The van der Waals surface area contributed by atoms with Gasteiger partial charge >= 0.3 is 0 Å². The molecule has 0 radical (unpaired) electrons. The van der Waals surface area contributed by atoms with E-state index in [0.717, 1.165) is 12.1 Å². The van der Waals surface area contributed by atoms with E-state index in [1.54, 1.807) is 30.3 Å². The molecule has 2 atom stereocenters. The molecule has 1 amide bonds. The van der Waals surface area contributed by atoms with Crippen LogP contribution in [-0.4, -0.2) is 42.7 Å².